The average Bonchev–Trinajstić information content (AvgIpc) is 2.84. The summed E-state index contributed by atoms with van der Waals surface area (Å²) in [5, 5.41) is 7.66. The van der Waals surface area contributed by atoms with E-state index in [4.69, 9.17) is 4.52 Å². The molecule has 0 saturated carbocycles. The second kappa shape index (κ2) is 3.95. The molecule has 1 aromatic carbocycles. The minimum Gasteiger partial charge on any atom is -0.356 e. The molecule has 0 radical (unpaired) electrons. The standard InChI is InChI=1S/C15H18N2O/c1-15(2,3)16-9-13-12-8-10-6-4-5-7-11(10)14(12)18-17-13/h4-7,16H,8-9H2,1-3H3. The van der Waals surface area contributed by atoms with Crippen LogP contribution in [0.15, 0.2) is 28.8 Å². The normalized spacial score (nSPS) is 13.5. The Morgan fingerprint density at radius 2 is 2.06 bits per heavy atom. The summed E-state index contributed by atoms with van der Waals surface area (Å²) in [5.74, 6) is 0.955. The van der Waals surface area contributed by atoms with Crippen LogP contribution >= 0.6 is 0 Å². The molecule has 3 nitrogen and oxygen atoms in total. The second-order valence-corrected chi connectivity index (χ2v) is 5.87. The van der Waals surface area contributed by atoms with Crippen LogP contribution in [0.2, 0.25) is 0 Å². The van der Waals surface area contributed by atoms with E-state index < -0.39 is 0 Å². The van der Waals surface area contributed by atoms with Gasteiger partial charge >= 0.3 is 0 Å². The molecule has 0 amide bonds. The molecule has 0 atom stereocenters. The summed E-state index contributed by atoms with van der Waals surface area (Å²) in [6.07, 6.45) is 0.941. The van der Waals surface area contributed by atoms with E-state index in [0.29, 0.717) is 0 Å². The topological polar surface area (TPSA) is 38.1 Å². The number of rotatable bonds is 2. The van der Waals surface area contributed by atoms with Crippen LogP contribution < -0.4 is 5.32 Å². The van der Waals surface area contributed by atoms with E-state index in [9.17, 15) is 0 Å². The van der Waals surface area contributed by atoms with E-state index >= 15 is 0 Å². The highest BCUT2D eigenvalue weighted by Gasteiger charge is 2.26. The number of benzene rings is 1. The molecule has 2 aromatic rings. The molecule has 94 valence electrons. The van der Waals surface area contributed by atoms with Gasteiger partial charge in [0.05, 0.1) is 0 Å². The molecule has 1 heterocycles. The van der Waals surface area contributed by atoms with Crippen LogP contribution in [-0.4, -0.2) is 10.7 Å². The summed E-state index contributed by atoms with van der Waals surface area (Å²) in [6.45, 7) is 7.22. The Bertz CT molecular complexity index is 578. The molecule has 0 saturated heterocycles. The van der Waals surface area contributed by atoms with Crippen molar-refractivity contribution >= 4 is 0 Å². The molecular weight excluding hydrogens is 224 g/mol. The van der Waals surface area contributed by atoms with Gasteiger partial charge < -0.3 is 9.84 Å². The molecule has 1 aromatic heterocycles. The van der Waals surface area contributed by atoms with Crippen molar-refractivity contribution in [2.45, 2.75) is 39.3 Å². The van der Waals surface area contributed by atoms with Crippen LogP contribution in [0.5, 0.6) is 0 Å². The van der Waals surface area contributed by atoms with Crippen molar-refractivity contribution in [3.63, 3.8) is 0 Å². The first-order valence-corrected chi connectivity index (χ1v) is 6.35. The summed E-state index contributed by atoms with van der Waals surface area (Å²) >= 11 is 0. The lowest BCUT2D eigenvalue weighted by Gasteiger charge is -2.19. The number of nitrogens with zero attached hydrogens (tertiary/aromatic N) is 1. The molecule has 0 unspecified atom stereocenters. The van der Waals surface area contributed by atoms with Crippen molar-refractivity contribution in [3.8, 4) is 11.3 Å². The van der Waals surface area contributed by atoms with Crippen molar-refractivity contribution in [2.24, 2.45) is 0 Å². The maximum atomic E-state index is 5.51. The Balaban J connectivity index is 1.88. The second-order valence-electron chi connectivity index (χ2n) is 5.87. The zero-order valence-corrected chi connectivity index (χ0v) is 11.1. The van der Waals surface area contributed by atoms with Crippen molar-refractivity contribution in [1.82, 2.24) is 10.5 Å². The van der Waals surface area contributed by atoms with Crippen LogP contribution in [0.4, 0.5) is 0 Å². The van der Waals surface area contributed by atoms with Gasteiger partial charge in [-0.25, -0.2) is 0 Å². The molecule has 0 aliphatic heterocycles. The maximum Gasteiger partial charge on any atom is 0.170 e. The minimum absolute atomic E-state index is 0.0945. The number of hydrogen-bond acceptors (Lipinski definition) is 3. The predicted molar refractivity (Wildman–Crippen MR) is 71.3 cm³/mol. The Labute approximate surface area is 107 Å². The fourth-order valence-electron chi connectivity index (χ4n) is 2.31. The van der Waals surface area contributed by atoms with E-state index in [1.165, 1.54) is 16.7 Å². The van der Waals surface area contributed by atoms with E-state index in [0.717, 1.165) is 24.4 Å². The Morgan fingerprint density at radius 1 is 1.28 bits per heavy atom. The highest BCUT2D eigenvalue weighted by atomic mass is 16.5. The predicted octanol–water partition coefficient (Wildman–Crippen LogP) is 3.13. The van der Waals surface area contributed by atoms with Gasteiger partial charge in [-0.1, -0.05) is 29.4 Å². The maximum absolute atomic E-state index is 5.51. The first kappa shape index (κ1) is 11.5. The van der Waals surface area contributed by atoms with Crippen molar-refractivity contribution in [2.75, 3.05) is 0 Å². The van der Waals surface area contributed by atoms with Crippen molar-refractivity contribution in [3.05, 3.63) is 41.1 Å². The van der Waals surface area contributed by atoms with Gasteiger partial charge in [0.15, 0.2) is 5.76 Å². The number of nitrogens with one attached hydrogen (secondary N) is 1. The SMILES string of the molecule is CC(C)(C)NCc1noc2c1Cc1ccccc1-2. The lowest BCUT2D eigenvalue weighted by Crippen LogP contribution is -2.35. The summed E-state index contributed by atoms with van der Waals surface area (Å²) in [7, 11) is 0. The van der Waals surface area contributed by atoms with Crippen molar-refractivity contribution < 1.29 is 4.52 Å². The van der Waals surface area contributed by atoms with Gasteiger partial charge in [0, 0.05) is 29.6 Å². The van der Waals surface area contributed by atoms with Crippen LogP contribution in [0.3, 0.4) is 0 Å². The lowest BCUT2D eigenvalue weighted by molar-refractivity contribution is 0.392. The summed E-state index contributed by atoms with van der Waals surface area (Å²) in [4.78, 5) is 0. The third-order valence-electron chi connectivity index (χ3n) is 3.28. The highest BCUT2D eigenvalue weighted by molar-refractivity contribution is 5.72. The van der Waals surface area contributed by atoms with Gasteiger partial charge in [-0.2, -0.15) is 0 Å². The Kier molecular flexibility index (Phi) is 2.52. The van der Waals surface area contributed by atoms with E-state index in [1.807, 2.05) is 6.07 Å². The van der Waals surface area contributed by atoms with Gasteiger partial charge in [0.2, 0.25) is 0 Å². The molecule has 1 aliphatic rings. The first-order valence-electron chi connectivity index (χ1n) is 6.35. The Hall–Kier alpha value is -1.61. The van der Waals surface area contributed by atoms with Crippen molar-refractivity contribution in [1.29, 1.82) is 0 Å². The smallest absolute Gasteiger partial charge is 0.170 e. The molecule has 0 bridgehead atoms. The van der Waals surface area contributed by atoms with Gasteiger partial charge in [0.25, 0.3) is 0 Å². The monoisotopic (exact) mass is 242 g/mol. The van der Waals surface area contributed by atoms with E-state index in [2.05, 4.69) is 49.4 Å². The summed E-state index contributed by atoms with van der Waals surface area (Å²) < 4.78 is 5.51. The van der Waals surface area contributed by atoms with Crippen LogP contribution in [0, 0.1) is 0 Å². The minimum atomic E-state index is 0.0945. The molecular formula is C15H18N2O. The fraction of sp³-hybridized carbons (Fsp3) is 0.400. The highest BCUT2D eigenvalue weighted by Crippen LogP contribution is 2.38. The third kappa shape index (κ3) is 1.95. The van der Waals surface area contributed by atoms with E-state index in [-0.39, 0.29) is 5.54 Å². The van der Waals surface area contributed by atoms with Gasteiger partial charge in [-0.05, 0) is 26.3 Å². The number of hydrogen-bond donors (Lipinski definition) is 1. The molecule has 18 heavy (non-hydrogen) atoms. The van der Waals surface area contributed by atoms with Gasteiger partial charge in [-0.3, -0.25) is 0 Å². The number of fused-ring (bicyclic) bond motifs is 3. The average molecular weight is 242 g/mol. The zero-order chi connectivity index (χ0) is 12.8. The van der Waals surface area contributed by atoms with Gasteiger partial charge in [0.1, 0.15) is 5.69 Å². The largest absolute Gasteiger partial charge is 0.356 e. The number of aromatic nitrogens is 1. The van der Waals surface area contributed by atoms with Gasteiger partial charge in [-0.15, -0.1) is 0 Å². The fourth-order valence-corrected chi connectivity index (χ4v) is 2.31. The molecule has 0 fully saturated rings. The third-order valence-corrected chi connectivity index (χ3v) is 3.28. The molecule has 3 heteroatoms. The van der Waals surface area contributed by atoms with E-state index in [1.54, 1.807) is 0 Å². The summed E-state index contributed by atoms with van der Waals surface area (Å²) in [5.41, 5.74) is 4.91. The van der Waals surface area contributed by atoms with Crippen LogP contribution in [0.25, 0.3) is 11.3 Å². The van der Waals surface area contributed by atoms with Crippen LogP contribution in [0.1, 0.15) is 37.6 Å². The molecule has 1 aliphatic carbocycles. The lowest BCUT2D eigenvalue weighted by atomic mass is 10.1. The molecule has 3 rings (SSSR count). The first-order chi connectivity index (χ1) is 8.54. The molecule has 0 spiro atoms. The summed E-state index contributed by atoms with van der Waals surface area (Å²) in [6, 6.07) is 8.38. The Morgan fingerprint density at radius 3 is 2.83 bits per heavy atom. The van der Waals surface area contributed by atoms with Crippen LogP contribution in [-0.2, 0) is 13.0 Å². The zero-order valence-electron chi connectivity index (χ0n) is 11.1. The molecule has 1 N–H and O–H groups in total. The quantitative estimate of drug-likeness (QED) is 0.750.